The van der Waals surface area contributed by atoms with Crippen LogP contribution in [0.4, 0.5) is 5.69 Å². The topological polar surface area (TPSA) is 62.3 Å². The highest BCUT2D eigenvalue weighted by molar-refractivity contribution is 6.04. The molecule has 2 aromatic rings. The zero-order valence-corrected chi connectivity index (χ0v) is 12.3. The molecule has 0 bridgehead atoms. The molecule has 1 heterocycles. The third-order valence-electron chi connectivity index (χ3n) is 2.97. The summed E-state index contributed by atoms with van der Waals surface area (Å²) >= 11 is 0. The SMILES string of the molecule is Cc1ccc(C(=O)Nc2ccc(C(=O)N(C)C)cc2)cn1. The van der Waals surface area contributed by atoms with E-state index in [1.165, 1.54) is 11.1 Å². The number of carbonyl (C=O) groups is 2. The lowest BCUT2D eigenvalue weighted by atomic mass is 10.1. The minimum absolute atomic E-state index is 0.0735. The van der Waals surface area contributed by atoms with Crippen molar-refractivity contribution in [3.63, 3.8) is 0 Å². The van der Waals surface area contributed by atoms with Crippen LogP contribution in [0.15, 0.2) is 42.6 Å². The smallest absolute Gasteiger partial charge is 0.257 e. The molecule has 0 aliphatic rings. The van der Waals surface area contributed by atoms with E-state index >= 15 is 0 Å². The Bertz CT molecular complexity index is 646. The number of nitrogens with one attached hydrogen (secondary N) is 1. The Labute approximate surface area is 123 Å². The molecule has 2 amide bonds. The fraction of sp³-hybridized carbons (Fsp3) is 0.188. The minimum Gasteiger partial charge on any atom is -0.345 e. The fourth-order valence-electron chi connectivity index (χ4n) is 1.76. The second-order valence-corrected chi connectivity index (χ2v) is 4.92. The third-order valence-corrected chi connectivity index (χ3v) is 2.97. The Morgan fingerprint density at radius 1 is 1.00 bits per heavy atom. The Morgan fingerprint density at radius 3 is 2.14 bits per heavy atom. The number of aryl methyl sites for hydroxylation is 1. The lowest BCUT2D eigenvalue weighted by molar-refractivity contribution is 0.0827. The molecule has 5 heteroatoms. The van der Waals surface area contributed by atoms with Crippen LogP contribution < -0.4 is 5.32 Å². The fourth-order valence-corrected chi connectivity index (χ4v) is 1.76. The van der Waals surface area contributed by atoms with Gasteiger partial charge in [-0.05, 0) is 43.3 Å². The molecule has 5 nitrogen and oxygen atoms in total. The van der Waals surface area contributed by atoms with Crippen LogP contribution in [0.3, 0.4) is 0 Å². The molecule has 0 radical (unpaired) electrons. The third kappa shape index (κ3) is 3.66. The van der Waals surface area contributed by atoms with Gasteiger partial charge in [0.2, 0.25) is 0 Å². The van der Waals surface area contributed by atoms with E-state index in [-0.39, 0.29) is 11.8 Å². The summed E-state index contributed by atoms with van der Waals surface area (Å²) in [6.45, 7) is 1.86. The molecule has 0 unspecified atom stereocenters. The van der Waals surface area contributed by atoms with E-state index < -0.39 is 0 Å². The van der Waals surface area contributed by atoms with E-state index in [0.717, 1.165) is 5.69 Å². The van der Waals surface area contributed by atoms with Crippen LogP contribution in [-0.2, 0) is 0 Å². The van der Waals surface area contributed by atoms with E-state index in [1.54, 1.807) is 50.5 Å². The number of pyridine rings is 1. The van der Waals surface area contributed by atoms with Gasteiger partial charge in [-0.2, -0.15) is 0 Å². The summed E-state index contributed by atoms with van der Waals surface area (Å²) in [5.74, 6) is -0.301. The number of carbonyl (C=O) groups excluding carboxylic acids is 2. The van der Waals surface area contributed by atoms with Crippen LogP contribution in [0, 0.1) is 6.92 Å². The van der Waals surface area contributed by atoms with Crippen LogP contribution in [0.2, 0.25) is 0 Å². The summed E-state index contributed by atoms with van der Waals surface area (Å²) in [7, 11) is 3.39. The number of nitrogens with zero attached hydrogens (tertiary/aromatic N) is 2. The first kappa shape index (κ1) is 14.7. The average molecular weight is 283 g/mol. The van der Waals surface area contributed by atoms with Crippen molar-refractivity contribution in [2.75, 3.05) is 19.4 Å². The van der Waals surface area contributed by atoms with Crippen molar-refractivity contribution in [1.29, 1.82) is 0 Å². The zero-order valence-electron chi connectivity index (χ0n) is 12.3. The molecule has 1 N–H and O–H groups in total. The summed E-state index contributed by atoms with van der Waals surface area (Å²) in [4.78, 5) is 29.4. The molecule has 2 rings (SSSR count). The Kier molecular flexibility index (Phi) is 4.33. The van der Waals surface area contributed by atoms with Crippen LogP contribution in [0.25, 0.3) is 0 Å². The number of anilines is 1. The molecule has 0 saturated heterocycles. The lowest BCUT2D eigenvalue weighted by Gasteiger charge is -2.11. The van der Waals surface area contributed by atoms with Gasteiger partial charge in [-0.3, -0.25) is 14.6 Å². The van der Waals surface area contributed by atoms with Crippen molar-refractivity contribution in [1.82, 2.24) is 9.88 Å². The number of benzene rings is 1. The second-order valence-electron chi connectivity index (χ2n) is 4.92. The molecule has 0 saturated carbocycles. The number of aromatic nitrogens is 1. The van der Waals surface area contributed by atoms with Crippen molar-refractivity contribution in [3.8, 4) is 0 Å². The molecule has 1 aromatic heterocycles. The van der Waals surface area contributed by atoms with Gasteiger partial charge < -0.3 is 10.2 Å². The molecule has 0 aliphatic carbocycles. The molecule has 1 aromatic carbocycles. The van der Waals surface area contributed by atoms with Crippen molar-refractivity contribution < 1.29 is 9.59 Å². The maximum atomic E-state index is 12.0. The van der Waals surface area contributed by atoms with Gasteiger partial charge in [0, 0.05) is 37.2 Å². The maximum Gasteiger partial charge on any atom is 0.257 e. The first-order valence-corrected chi connectivity index (χ1v) is 6.53. The van der Waals surface area contributed by atoms with E-state index in [4.69, 9.17) is 0 Å². The highest BCUT2D eigenvalue weighted by atomic mass is 16.2. The van der Waals surface area contributed by atoms with Gasteiger partial charge >= 0.3 is 0 Å². The normalized spacial score (nSPS) is 10.0. The standard InChI is InChI=1S/C16H17N3O2/c1-11-4-5-13(10-17-11)15(20)18-14-8-6-12(7-9-14)16(21)19(2)3/h4-10H,1-3H3,(H,18,20). The van der Waals surface area contributed by atoms with E-state index in [9.17, 15) is 9.59 Å². The Balaban J connectivity index is 2.08. The highest BCUT2D eigenvalue weighted by Crippen LogP contribution is 2.12. The molecule has 0 fully saturated rings. The maximum absolute atomic E-state index is 12.0. The first-order chi connectivity index (χ1) is 9.97. The predicted octanol–water partition coefficient (Wildman–Crippen LogP) is 2.34. The highest BCUT2D eigenvalue weighted by Gasteiger charge is 2.09. The van der Waals surface area contributed by atoms with Crippen LogP contribution in [-0.4, -0.2) is 35.8 Å². The summed E-state index contributed by atoms with van der Waals surface area (Å²) in [6, 6.07) is 10.3. The van der Waals surface area contributed by atoms with Crippen molar-refractivity contribution in [3.05, 3.63) is 59.4 Å². The second kappa shape index (κ2) is 6.17. The summed E-state index contributed by atoms with van der Waals surface area (Å²) in [6.07, 6.45) is 1.54. The molecule has 21 heavy (non-hydrogen) atoms. The molecular formula is C16H17N3O2. The Hall–Kier alpha value is -2.69. The summed E-state index contributed by atoms with van der Waals surface area (Å²) in [5.41, 5.74) is 2.57. The molecular weight excluding hydrogens is 266 g/mol. The number of amides is 2. The predicted molar refractivity (Wildman–Crippen MR) is 81.4 cm³/mol. The van der Waals surface area contributed by atoms with Crippen molar-refractivity contribution >= 4 is 17.5 Å². The summed E-state index contributed by atoms with van der Waals surface area (Å²) in [5, 5.41) is 2.77. The quantitative estimate of drug-likeness (QED) is 0.940. The van der Waals surface area contributed by atoms with E-state index in [0.29, 0.717) is 16.8 Å². The summed E-state index contributed by atoms with van der Waals surface area (Å²) < 4.78 is 0. The van der Waals surface area contributed by atoms with Crippen LogP contribution in [0.1, 0.15) is 26.4 Å². The molecule has 108 valence electrons. The zero-order chi connectivity index (χ0) is 15.4. The van der Waals surface area contributed by atoms with E-state index in [1.807, 2.05) is 6.92 Å². The molecule has 0 aliphatic heterocycles. The lowest BCUT2D eigenvalue weighted by Crippen LogP contribution is -2.21. The largest absolute Gasteiger partial charge is 0.345 e. The minimum atomic E-state index is -0.228. The molecule has 0 atom stereocenters. The monoisotopic (exact) mass is 283 g/mol. The van der Waals surface area contributed by atoms with Gasteiger partial charge in [-0.25, -0.2) is 0 Å². The first-order valence-electron chi connectivity index (χ1n) is 6.53. The molecule has 0 spiro atoms. The van der Waals surface area contributed by atoms with Gasteiger partial charge in [0.15, 0.2) is 0 Å². The van der Waals surface area contributed by atoms with Gasteiger partial charge in [0.05, 0.1) is 5.56 Å². The van der Waals surface area contributed by atoms with E-state index in [2.05, 4.69) is 10.3 Å². The van der Waals surface area contributed by atoms with Crippen LogP contribution in [0.5, 0.6) is 0 Å². The number of hydrogen-bond donors (Lipinski definition) is 1. The number of hydrogen-bond acceptors (Lipinski definition) is 3. The Morgan fingerprint density at radius 2 is 1.62 bits per heavy atom. The van der Waals surface area contributed by atoms with Gasteiger partial charge in [-0.15, -0.1) is 0 Å². The van der Waals surface area contributed by atoms with Crippen molar-refractivity contribution in [2.24, 2.45) is 0 Å². The average Bonchev–Trinajstić information content (AvgIpc) is 2.47. The number of rotatable bonds is 3. The van der Waals surface area contributed by atoms with Crippen molar-refractivity contribution in [2.45, 2.75) is 6.92 Å². The van der Waals surface area contributed by atoms with Gasteiger partial charge in [-0.1, -0.05) is 0 Å². The van der Waals surface area contributed by atoms with Gasteiger partial charge in [0.25, 0.3) is 11.8 Å². The van der Waals surface area contributed by atoms with Crippen LogP contribution >= 0.6 is 0 Å². The van der Waals surface area contributed by atoms with Gasteiger partial charge in [0.1, 0.15) is 0 Å².